The fourth-order valence-corrected chi connectivity index (χ4v) is 5.58. The Hall–Kier alpha value is -2.54. The number of Topliss-reactive ketones (excluding diaryl/α,β-unsaturated/α-hetero) is 1. The van der Waals surface area contributed by atoms with E-state index in [-0.39, 0.29) is 36.0 Å². The molecule has 0 saturated heterocycles. The Kier molecular flexibility index (Phi) is 5.15. The Morgan fingerprint density at radius 3 is 2.63 bits per heavy atom. The normalized spacial score (nSPS) is 23.1. The standard InChI is InChI=1S/C23H25N3O3S/c27-19-12-15(22(29)24-17-10-4-6-13-5-1-2-9-16(13)17)11-18-20(19)30-23(25-18)26-21(28)14-7-3-8-14/h1-2,5,9,14-15,17H,3-4,6-8,10-12H2,(H,24,29)(H,25,26,28). The molecular weight excluding hydrogens is 398 g/mol. The van der Waals surface area contributed by atoms with Crippen LogP contribution in [0, 0.1) is 11.8 Å². The quantitative estimate of drug-likeness (QED) is 0.783. The van der Waals surface area contributed by atoms with Gasteiger partial charge in [-0.3, -0.25) is 14.4 Å². The van der Waals surface area contributed by atoms with Crippen LogP contribution in [0.5, 0.6) is 0 Å². The summed E-state index contributed by atoms with van der Waals surface area (Å²) in [6.07, 6.45) is 6.58. The number of carbonyl (C=O) groups is 3. The fourth-order valence-electron chi connectivity index (χ4n) is 4.64. The lowest BCUT2D eigenvalue weighted by molar-refractivity contribution is -0.126. The lowest BCUT2D eigenvalue weighted by atomic mass is 9.85. The lowest BCUT2D eigenvalue weighted by Gasteiger charge is -2.28. The summed E-state index contributed by atoms with van der Waals surface area (Å²) in [6, 6.07) is 8.26. The molecule has 0 aliphatic heterocycles. The number of anilines is 1. The number of nitrogens with zero attached hydrogens (tertiary/aromatic N) is 1. The van der Waals surface area contributed by atoms with Crippen molar-refractivity contribution in [3.63, 3.8) is 0 Å². The lowest BCUT2D eigenvalue weighted by Crippen LogP contribution is -2.38. The van der Waals surface area contributed by atoms with Crippen LogP contribution in [-0.2, 0) is 22.4 Å². The minimum atomic E-state index is -0.406. The summed E-state index contributed by atoms with van der Waals surface area (Å²) in [5.41, 5.74) is 3.13. The molecule has 0 radical (unpaired) electrons. The van der Waals surface area contributed by atoms with Crippen molar-refractivity contribution in [2.45, 2.75) is 57.4 Å². The first kappa shape index (κ1) is 19.4. The van der Waals surface area contributed by atoms with Gasteiger partial charge in [0, 0.05) is 18.8 Å². The molecule has 1 fully saturated rings. The Morgan fingerprint density at radius 1 is 1.00 bits per heavy atom. The number of hydrogen-bond acceptors (Lipinski definition) is 5. The van der Waals surface area contributed by atoms with Gasteiger partial charge in [-0.15, -0.1) is 0 Å². The number of aryl methyl sites for hydroxylation is 1. The predicted molar refractivity (Wildman–Crippen MR) is 114 cm³/mol. The smallest absolute Gasteiger partial charge is 0.229 e. The highest BCUT2D eigenvalue weighted by Gasteiger charge is 2.35. The van der Waals surface area contributed by atoms with Crippen LogP contribution < -0.4 is 10.6 Å². The highest BCUT2D eigenvalue weighted by molar-refractivity contribution is 7.17. The molecule has 2 aromatic rings. The molecule has 3 aliphatic carbocycles. The summed E-state index contributed by atoms with van der Waals surface area (Å²) in [7, 11) is 0. The highest BCUT2D eigenvalue weighted by Crippen LogP contribution is 2.35. The van der Waals surface area contributed by atoms with E-state index < -0.39 is 5.92 Å². The van der Waals surface area contributed by atoms with Crippen molar-refractivity contribution in [1.29, 1.82) is 0 Å². The van der Waals surface area contributed by atoms with Gasteiger partial charge in [0.05, 0.1) is 22.5 Å². The van der Waals surface area contributed by atoms with Crippen LogP contribution in [0.15, 0.2) is 24.3 Å². The van der Waals surface area contributed by atoms with Gasteiger partial charge in [-0.2, -0.15) is 0 Å². The zero-order valence-corrected chi connectivity index (χ0v) is 17.6. The number of nitrogens with one attached hydrogen (secondary N) is 2. The van der Waals surface area contributed by atoms with Crippen LogP contribution in [0.3, 0.4) is 0 Å². The van der Waals surface area contributed by atoms with Crippen molar-refractivity contribution in [3.05, 3.63) is 46.0 Å². The third-order valence-electron chi connectivity index (χ3n) is 6.58. The van der Waals surface area contributed by atoms with Gasteiger partial charge < -0.3 is 10.6 Å². The molecule has 5 rings (SSSR count). The zero-order chi connectivity index (χ0) is 20.7. The van der Waals surface area contributed by atoms with Gasteiger partial charge in [0.1, 0.15) is 0 Å². The number of aromatic nitrogens is 1. The summed E-state index contributed by atoms with van der Waals surface area (Å²) in [5.74, 6) is -0.481. The first-order chi connectivity index (χ1) is 14.6. The number of amides is 2. The monoisotopic (exact) mass is 423 g/mol. The molecule has 1 saturated carbocycles. The first-order valence-electron chi connectivity index (χ1n) is 10.8. The van der Waals surface area contributed by atoms with Crippen molar-refractivity contribution in [2.75, 3.05) is 5.32 Å². The van der Waals surface area contributed by atoms with E-state index in [2.05, 4.69) is 27.8 Å². The van der Waals surface area contributed by atoms with Crippen LogP contribution in [0.25, 0.3) is 0 Å². The molecule has 2 unspecified atom stereocenters. The van der Waals surface area contributed by atoms with Crippen LogP contribution in [0.4, 0.5) is 5.13 Å². The second-order valence-electron chi connectivity index (χ2n) is 8.59. The molecule has 1 aromatic carbocycles. The summed E-state index contributed by atoms with van der Waals surface area (Å²) in [6.45, 7) is 0. The Morgan fingerprint density at radius 2 is 1.83 bits per heavy atom. The van der Waals surface area contributed by atoms with E-state index >= 15 is 0 Å². The molecule has 3 aliphatic rings. The molecule has 156 valence electrons. The molecule has 2 amide bonds. The molecule has 1 heterocycles. The van der Waals surface area contributed by atoms with E-state index in [1.54, 1.807) is 0 Å². The van der Waals surface area contributed by atoms with Crippen LogP contribution in [-0.4, -0.2) is 22.6 Å². The van der Waals surface area contributed by atoms with Gasteiger partial charge in [0.2, 0.25) is 11.8 Å². The number of benzene rings is 1. The van der Waals surface area contributed by atoms with E-state index in [1.807, 2.05) is 12.1 Å². The third kappa shape index (κ3) is 3.67. The van der Waals surface area contributed by atoms with Gasteiger partial charge in [-0.25, -0.2) is 4.98 Å². The molecule has 7 heteroatoms. The van der Waals surface area contributed by atoms with Gasteiger partial charge >= 0.3 is 0 Å². The molecule has 30 heavy (non-hydrogen) atoms. The van der Waals surface area contributed by atoms with Crippen molar-refractivity contribution < 1.29 is 14.4 Å². The van der Waals surface area contributed by atoms with E-state index in [4.69, 9.17) is 0 Å². The summed E-state index contributed by atoms with van der Waals surface area (Å²) in [5, 5.41) is 6.52. The number of hydrogen-bond donors (Lipinski definition) is 2. The molecule has 0 bridgehead atoms. The average molecular weight is 424 g/mol. The maximum atomic E-state index is 13.0. The van der Waals surface area contributed by atoms with Crippen molar-refractivity contribution >= 4 is 34.1 Å². The van der Waals surface area contributed by atoms with Gasteiger partial charge in [0.15, 0.2) is 10.9 Å². The largest absolute Gasteiger partial charge is 0.349 e. The number of fused-ring (bicyclic) bond motifs is 2. The Bertz CT molecular complexity index is 1010. The topological polar surface area (TPSA) is 88.2 Å². The molecule has 2 N–H and O–H groups in total. The SMILES string of the molecule is O=C1CC(C(=O)NC2CCCc3ccccc32)Cc2nc(NC(=O)C3CCC3)sc21. The van der Waals surface area contributed by atoms with E-state index in [0.717, 1.165) is 38.5 Å². The molecule has 0 spiro atoms. The van der Waals surface area contributed by atoms with E-state index in [0.29, 0.717) is 22.1 Å². The van der Waals surface area contributed by atoms with E-state index in [9.17, 15) is 14.4 Å². The summed E-state index contributed by atoms with van der Waals surface area (Å²) >= 11 is 1.24. The number of ketones is 1. The van der Waals surface area contributed by atoms with Gasteiger partial charge in [0.25, 0.3) is 0 Å². The zero-order valence-electron chi connectivity index (χ0n) is 16.8. The Labute approximate surface area is 179 Å². The van der Waals surface area contributed by atoms with Gasteiger partial charge in [-0.1, -0.05) is 42.0 Å². The number of carbonyl (C=O) groups excluding carboxylic acids is 3. The predicted octanol–water partition coefficient (Wildman–Crippen LogP) is 3.82. The van der Waals surface area contributed by atoms with Crippen molar-refractivity contribution in [1.82, 2.24) is 10.3 Å². The molecule has 6 nitrogen and oxygen atoms in total. The summed E-state index contributed by atoms with van der Waals surface area (Å²) in [4.78, 5) is 42.9. The minimum absolute atomic E-state index is 0.00621. The van der Waals surface area contributed by atoms with E-state index in [1.165, 1.54) is 22.5 Å². The van der Waals surface area contributed by atoms with Gasteiger partial charge in [-0.05, 0) is 43.2 Å². The summed E-state index contributed by atoms with van der Waals surface area (Å²) < 4.78 is 0. The Balaban J connectivity index is 1.27. The van der Waals surface area contributed by atoms with Crippen molar-refractivity contribution in [2.24, 2.45) is 11.8 Å². The maximum Gasteiger partial charge on any atom is 0.229 e. The third-order valence-corrected chi connectivity index (χ3v) is 7.64. The maximum absolute atomic E-state index is 13.0. The fraction of sp³-hybridized carbons (Fsp3) is 0.478. The first-order valence-corrected chi connectivity index (χ1v) is 11.6. The number of thiazole rings is 1. The van der Waals surface area contributed by atoms with Crippen LogP contribution in [0.1, 0.15) is 71.1 Å². The molecule has 2 atom stereocenters. The number of rotatable bonds is 4. The van der Waals surface area contributed by atoms with Crippen LogP contribution in [0.2, 0.25) is 0 Å². The second kappa shape index (κ2) is 7.95. The minimum Gasteiger partial charge on any atom is -0.349 e. The van der Waals surface area contributed by atoms with Crippen LogP contribution >= 0.6 is 11.3 Å². The second-order valence-corrected chi connectivity index (χ2v) is 9.59. The van der Waals surface area contributed by atoms with Crippen molar-refractivity contribution in [3.8, 4) is 0 Å². The highest BCUT2D eigenvalue weighted by atomic mass is 32.1. The molecular formula is C23H25N3O3S. The average Bonchev–Trinajstić information content (AvgIpc) is 3.10. The molecule has 1 aromatic heterocycles.